The van der Waals surface area contributed by atoms with Gasteiger partial charge in [0, 0.05) is 6.42 Å². The predicted octanol–water partition coefficient (Wildman–Crippen LogP) is 2.26. The molecule has 0 saturated heterocycles. The van der Waals surface area contributed by atoms with Crippen LogP contribution < -0.4 is 5.43 Å². The first-order valence-corrected chi connectivity index (χ1v) is 7.86. The van der Waals surface area contributed by atoms with E-state index in [0.717, 1.165) is 0 Å². The number of aliphatic hydroxyl groups excluding tert-OH is 1. The summed E-state index contributed by atoms with van der Waals surface area (Å²) in [7, 11) is 2.61. The van der Waals surface area contributed by atoms with Crippen LogP contribution in [0.1, 0.15) is 26.3 Å². The van der Waals surface area contributed by atoms with Crippen LogP contribution in [0.2, 0.25) is 0 Å². The molecule has 0 aliphatic carbocycles. The van der Waals surface area contributed by atoms with Crippen molar-refractivity contribution in [1.82, 2.24) is 0 Å². The zero-order valence-corrected chi connectivity index (χ0v) is 14.6. The average molecular weight is 356 g/mol. The van der Waals surface area contributed by atoms with E-state index in [2.05, 4.69) is 10.5 Å². The van der Waals surface area contributed by atoms with E-state index in [1.807, 2.05) is 0 Å². The van der Waals surface area contributed by atoms with Crippen LogP contribution in [0.4, 0.5) is 5.69 Å². The molecule has 0 aliphatic rings. The minimum Gasteiger partial charge on any atom is -0.465 e. The normalized spacial score (nSPS) is 11.0. The molecular weight excluding hydrogens is 336 g/mol. The highest BCUT2D eigenvalue weighted by Crippen LogP contribution is 2.17. The van der Waals surface area contributed by atoms with Gasteiger partial charge in [0.15, 0.2) is 0 Å². The van der Waals surface area contributed by atoms with Crippen molar-refractivity contribution in [1.29, 1.82) is 0 Å². The van der Waals surface area contributed by atoms with Crippen LogP contribution in [-0.4, -0.2) is 43.6 Å². The number of ether oxygens (including phenoxy) is 2. The fraction of sp³-hybridized carbons (Fsp3) is 0.211. The molecule has 0 unspecified atom stereocenters. The standard InChI is InChI=1S/C19H20N2O5/c1-25-18(23)15-8-4-3-7-13(15)11-14(12-22)20-21-17-10-6-5-9-16(17)19(24)26-2/h3-10,21-22H,11-12H2,1-2H3/b20-14-. The van der Waals surface area contributed by atoms with E-state index in [9.17, 15) is 14.7 Å². The van der Waals surface area contributed by atoms with Crippen LogP contribution in [-0.2, 0) is 15.9 Å². The number of esters is 2. The second-order valence-corrected chi connectivity index (χ2v) is 5.31. The molecule has 7 nitrogen and oxygen atoms in total. The Balaban J connectivity index is 2.23. The minimum atomic E-state index is -0.495. The lowest BCUT2D eigenvalue weighted by Gasteiger charge is -2.10. The van der Waals surface area contributed by atoms with Gasteiger partial charge in [0.25, 0.3) is 0 Å². The maximum atomic E-state index is 11.8. The van der Waals surface area contributed by atoms with Gasteiger partial charge in [0.1, 0.15) is 0 Å². The number of hydrogen-bond donors (Lipinski definition) is 2. The molecule has 0 fully saturated rings. The third-order valence-corrected chi connectivity index (χ3v) is 3.67. The number of hydrazone groups is 1. The van der Waals surface area contributed by atoms with Crippen LogP contribution in [0.3, 0.4) is 0 Å². The molecule has 0 bridgehead atoms. The topological polar surface area (TPSA) is 97.2 Å². The number of nitrogens with one attached hydrogen (secondary N) is 1. The Labute approximate surface area is 151 Å². The first-order valence-electron chi connectivity index (χ1n) is 7.86. The lowest BCUT2D eigenvalue weighted by molar-refractivity contribution is 0.0591. The quantitative estimate of drug-likeness (QED) is 0.449. The summed E-state index contributed by atoms with van der Waals surface area (Å²) in [6.45, 7) is -0.317. The molecule has 2 rings (SSSR count). The van der Waals surface area contributed by atoms with Crippen LogP contribution in [0.25, 0.3) is 0 Å². The first-order chi connectivity index (χ1) is 12.6. The molecule has 26 heavy (non-hydrogen) atoms. The van der Waals surface area contributed by atoms with Crippen molar-refractivity contribution in [3.63, 3.8) is 0 Å². The Kier molecular flexibility index (Phi) is 6.87. The number of aliphatic hydroxyl groups is 1. The van der Waals surface area contributed by atoms with Gasteiger partial charge in [-0.15, -0.1) is 0 Å². The third-order valence-electron chi connectivity index (χ3n) is 3.67. The van der Waals surface area contributed by atoms with Crippen molar-refractivity contribution in [3.8, 4) is 0 Å². The lowest BCUT2D eigenvalue weighted by atomic mass is 10.0. The first kappa shape index (κ1) is 19.1. The van der Waals surface area contributed by atoms with Crippen LogP contribution in [0.15, 0.2) is 53.6 Å². The van der Waals surface area contributed by atoms with E-state index in [4.69, 9.17) is 9.47 Å². The number of benzene rings is 2. The smallest absolute Gasteiger partial charge is 0.340 e. The summed E-state index contributed by atoms with van der Waals surface area (Å²) in [6, 6.07) is 13.7. The van der Waals surface area contributed by atoms with Gasteiger partial charge >= 0.3 is 11.9 Å². The summed E-state index contributed by atoms with van der Waals surface area (Å²) in [5.41, 5.74) is 5.02. The van der Waals surface area contributed by atoms with Gasteiger partial charge in [-0.1, -0.05) is 30.3 Å². The number of methoxy groups -OCH3 is 2. The van der Waals surface area contributed by atoms with E-state index in [1.165, 1.54) is 14.2 Å². The molecule has 0 saturated carbocycles. The highest BCUT2D eigenvalue weighted by Gasteiger charge is 2.14. The monoisotopic (exact) mass is 356 g/mol. The Bertz CT molecular complexity index is 817. The maximum Gasteiger partial charge on any atom is 0.340 e. The van der Waals surface area contributed by atoms with Crippen molar-refractivity contribution < 1.29 is 24.2 Å². The van der Waals surface area contributed by atoms with E-state index in [0.29, 0.717) is 28.1 Å². The van der Waals surface area contributed by atoms with Gasteiger partial charge in [0.05, 0.1) is 43.4 Å². The molecule has 0 spiro atoms. The van der Waals surface area contributed by atoms with Crippen LogP contribution >= 0.6 is 0 Å². The Hall–Kier alpha value is -3.19. The summed E-state index contributed by atoms with van der Waals surface area (Å²) in [5, 5.41) is 13.8. The molecule has 0 aromatic heterocycles. The SMILES string of the molecule is COC(=O)c1ccccc1C/C(CO)=N/Nc1ccccc1C(=O)OC. The molecule has 0 radical (unpaired) electrons. The van der Waals surface area contributed by atoms with E-state index in [-0.39, 0.29) is 13.0 Å². The zero-order chi connectivity index (χ0) is 18.9. The van der Waals surface area contributed by atoms with E-state index >= 15 is 0 Å². The highest BCUT2D eigenvalue weighted by atomic mass is 16.5. The number of para-hydroxylation sites is 1. The Morgan fingerprint density at radius 3 is 2.19 bits per heavy atom. The number of rotatable bonds is 7. The number of carbonyl (C=O) groups excluding carboxylic acids is 2. The maximum absolute atomic E-state index is 11.8. The van der Waals surface area contributed by atoms with E-state index in [1.54, 1.807) is 48.5 Å². The van der Waals surface area contributed by atoms with Crippen LogP contribution in [0, 0.1) is 0 Å². The number of anilines is 1. The van der Waals surface area contributed by atoms with Crippen molar-refractivity contribution in [2.45, 2.75) is 6.42 Å². The molecule has 0 atom stereocenters. The van der Waals surface area contributed by atoms with Gasteiger partial charge in [-0.2, -0.15) is 5.10 Å². The largest absolute Gasteiger partial charge is 0.465 e. The second-order valence-electron chi connectivity index (χ2n) is 5.31. The van der Waals surface area contributed by atoms with Crippen LogP contribution in [0.5, 0.6) is 0 Å². The highest BCUT2D eigenvalue weighted by molar-refractivity contribution is 5.97. The van der Waals surface area contributed by atoms with Gasteiger partial charge in [0.2, 0.25) is 0 Å². The molecule has 0 aliphatic heterocycles. The number of nitrogens with zero attached hydrogens (tertiary/aromatic N) is 1. The fourth-order valence-corrected chi connectivity index (χ4v) is 2.34. The Morgan fingerprint density at radius 1 is 0.962 bits per heavy atom. The molecule has 2 N–H and O–H groups in total. The summed E-state index contributed by atoms with van der Waals surface area (Å²) >= 11 is 0. The molecule has 136 valence electrons. The zero-order valence-electron chi connectivity index (χ0n) is 14.6. The van der Waals surface area contributed by atoms with Crippen molar-refractivity contribution in [2.75, 3.05) is 26.3 Å². The molecule has 0 heterocycles. The summed E-state index contributed by atoms with van der Waals surface area (Å²) < 4.78 is 9.50. The minimum absolute atomic E-state index is 0.245. The summed E-state index contributed by atoms with van der Waals surface area (Å²) in [5.74, 6) is -0.952. The van der Waals surface area contributed by atoms with Gasteiger partial charge in [-0.3, -0.25) is 5.43 Å². The summed E-state index contributed by atoms with van der Waals surface area (Å²) in [6.07, 6.45) is 0.245. The van der Waals surface area contributed by atoms with Gasteiger partial charge < -0.3 is 14.6 Å². The fourth-order valence-electron chi connectivity index (χ4n) is 2.34. The number of hydrogen-bond acceptors (Lipinski definition) is 7. The molecule has 0 amide bonds. The molecule has 2 aromatic rings. The van der Waals surface area contributed by atoms with Crippen molar-refractivity contribution in [3.05, 3.63) is 65.2 Å². The van der Waals surface area contributed by atoms with Gasteiger partial charge in [-0.05, 0) is 23.8 Å². The van der Waals surface area contributed by atoms with E-state index < -0.39 is 11.9 Å². The number of carbonyl (C=O) groups is 2. The third kappa shape index (κ3) is 4.67. The molecular formula is C19H20N2O5. The lowest BCUT2D eigenvalue weighted by Crippen LogP contribution is -2.15. The Morgan fingerprint density at radius 2 is 1.54 bits per heavy atom. The molecule has 2 aromatic carbocycles. The summed E-state index contributed by atoms with van der Waals surface area (Å²) in [4.78, 5) is 23.6. The predicted molar refractivity (Wildman–Crippen MR) is 97.4 cm³/mol. The van der Waals surface area contributed by atoms with Crippen molar-refractivity contribution >= 4 is 23.3 Å². The second kappa shape index (κ2) is 9.33. The van der Waals surface area contributed by atoms with Crippen molar-refractivity contribution in [2.24, 2.45) is 5.10 Å². The van der Waals surface area contributed by atoms with Gasteiger partial charge in [-0.25, -0.2) is 9.59 Å². The average Bonchev–Trinajstić information content (AvgIpc) is 2.70. The molecule has 7 heteroatoms.